The third kappa shape index (κ3) is 4.44. The predicted molar refractivity (Wildman–Crippen MR) is 84.9 cm³/mol. The monoisotopic (exact) mass is 282 g/mol. The SMILES string of the molecule is CC1CN(C)C(C)CC1NCCCC1CCCCC1O. The molecule has 1 heterocycles. The van der Waals surface area contributed by atoms with E-state index in [0.717, 1.165) is 18.9 Å². The van der Waals surface area contributed by atoms with Gasteiger partial charge < -0.3 is 15.3 Å². The second-order valence-electron chi connectivity index (χ2n) is 7.32. The lowest BCUT2D eigenvalue weighted by Gasteiger charge is -2.40. The number of piperidine rings is 1. The molecule has 118 valence electrons. The molecule has 0 spiro atoms. The lowest BCUT2D eigenvalue weighted by molar-refractivity contribution is 0.0636. The van der Waals surface area contributed by atoms with Crippen molar-refractivity contribution in [3.05, 3.63) is 0 Å². The minimum atomic E-state index is -0.0222. The minimum Gasteiger partial charge on any atom is -0.393 e. The van der Waals surface area contributed by atoms with E-state index in [-0.39, 0.29) is 6.10 Å². The maximum absolute atomic E-state index is 10.00. The van der Waals surface area contributed by atoms with E-state index in [1.165, 1.54) is 45.1 Å². The van der Waals surface area contributed by atoms with Gasteiger partial charge in [-0.1, -0.05) is 19.8 Å². The Morgan fingerprint density at radius 3 is 2.70 bits per heavy atom. The molecule has 2 rings (SSSR count). The standard InChI is InChI=1S/C17H34N2O/c1-13-12-19(3)14(2)11-16(13)18-10-6-8-15-7-4-5-9-17(15)20/h13-18,20H,4-12H2,1-3H3. The first-order valence-electron chi connectivity index (χ1n) is 8.69. The summed E-state index contributed by atoms with van der Waals surface area (Å²) in [6.45, 7) is 7.03. The van der Waals surface area contributed by atoms with E-state index in [4.69, 9.17) is 0 Å². The van der Waals surface area contributed by atoms with Gasteiger partial charge in [-0.2, -0.15) is 0 Å². The van der Waals surface area contributed by atoms with Crippen LogP contribution in [0.3, 0.4) is 0 Å². The molecular weight excluding hydrogens is 248 g/mol. The van der Waals surface area contributed by atoms with Crippen molar-refractivity contribution >= 4 is 0 Å². The molecule has 1 saturated carbocycles. The van der Waals surface area contributed by atoms with Crippen LogP contribution in [0, 0.1) is 11.8 Å². The number of hydrogen-bond donors (Lipinski definition) is 2. The Hall–Kier alpha value is -0.120. The van der Waals surface area contributed by atoms with E-state index < -0.39 is 0 Å². The molecule has 0 bridgehead atoms. The van der Waals surface area contributed by atoms with Crippen LogP contribution in [-0.2, 0) is 0 Å². The van der Waals surface area contributed by atoms with Crippen molar-refractivity contribution in [2.24, 2.45) is 11.8 Å². The summed E-state index contributed by atoms with van der Waals surface area (Å²) in [5.74, 6) is 1.32. The van der Waals surface area contributed by atoms with E-state index in [1.54, 1.807) is 0 Å². The molecule has 1 saturated heterocycles. The number of likely N-dealkylation sites (tertiary alicyclic amines) is 1. The molecule has 0 amide bonds. The zero-order chi connectivity index (χ0) is 14.5. The van der Waals surface area contributed by atoms with E-state index in [1.807, 2.05) is 0 Å². The van der Waals surface area contributed by atoms with Crippen LogP contribution in [0.4, 0.5) is 0 Å². The van der Waals surface area contributed by atoms with Crippen LogP contribution in [-0.4, -0.2) is 48.3 Å². The van der Waals surface area contributed by atoms with Gasteiger partial charge in [0.05, 0.1) is 6.10 Å². The van der Waals surface area contributed by atoms with E-state index in [9.17, 15) is 5.11 Å². The van der Waals surface area contributed by atoms with Gasteiger partial charge in [0.25, 0.3) is 0 Å². The molecule has 5 unspecified atom stereocenters. The second kappa shape index (κ2) is 7.77. The fourth-order valence-corrected chi connectivity index (χ4v) is 4.00. The van der Waals surface area contributed by atoms with Crippen molar-refractivity contribution in [2.45, 2.75) is 77.0 Å². The largest absolute Gasteiger partial charge is 0.393 e. The number of aliphatic hydroxyl groups excluding tert-OH is 1. The molecule has 0 aromatic rings. The Kier molecular flexibility index (Phi) is 6.31. The van der Waals surface area contributed by atoms with Gasteiger partial charge >= 0.3 is 0 Å². The van der Waals surface area contributed by atoms with Crippen molar-refractivity contribution in [1.82, 2.24) is 10.2 Å². The lowest BCUT2D eigenvalue weighted by Crippen LogP contribution is -2.51. The van der Waals surface area contributed by atoms with Gasteiger partial charge in [-0.15, -0.1) is 0 Å². The van der Waals surface area contributed by atoms with Crippen LogP contribution >= 0.6 is 0 Å². The molecule has 2 fully saturated rings. The van der Waals surface area contributed by atoms with Gasteiger partial charge in [0.1, 0.15) is 0 Å². The highest BCUT2D eigenvalue weighted by Gasteiger charge is 2.28. The van der Waals surface area contributed by atoms with Crippen LogP contribution in [0.25, 0.3) is 0 Å². The molecule has 1 aliphatic carbocycles. The van der Waals surface area contributed by atoms with Crippen molar-refractivity contribution in [2.75, 3.05) is 20.1 Å². The van der Waals surface area contributed by atoms with Crippen molar-refractivity contribution in [3.63, 3.8) is 0 Å². The van der Waals surface area contributed by atoms with Crippen LogP contribution in [0.2, 0.25) is 0 Å². The van der Waals surface area contributed by atoms with E-state index in [0.29, 0.717) is 18.0 Å². The first-order valence-corrected chi connectivity index (χ1v) is 8.69. The van der Waals surface area contributed by atoms with Gasteiger partial charge in [-0.25, -0.2) is 0 Å². The second-order valence-corrected chi connectivity index (χ2v) is 7.32. The summed E-state index contributed by atoms with van der Waals surface area (Å²) in [5, 5.41) is 13.8. The zero-order valence-electron chi connectivity index (χ0n) is 13.6. The van der Waals surface area contributed by atoms with E-state index in [2.05, 4.69) is 31.1 Å². The maximum Gasteiger partial charge on any atom is 0.0568 e. The fraction of sp³-hybridized carbons (Fsp3) is 1.00. The van der Waals surface area contributed by atoms with Gasteiger partial charge in [-0.05, 0) is 64.5 Å². The van der Waals surface area contributed by atoms with Gasteiger partial charge in [0.15, 0.2) is 0 Å². The summed E-state index contributed by atoms with van der Waals surface area (Å²) in [6, 6.07) is 1.38. The molecule has 5 atom stereocenters. The van der Waals surface area contributed by atoms with Gasteiger partial charge in [0.2, 0.25) is 0 Å². The van der Waals surface area contributed by atoms with Crippen LogP contribution in [0.1, 0.15) is 58.8 Å². The smallest absolute Gasteiger partial charge is 0.0568 e. The Morgan fingerprint density at radius 1 is 1.20 bits per heavy atom. The summed E-state index contributed by atoms with van der Waals surface area (Å²) in [6.07, 6.45) is 8.47. The molecule has 3 nitrogen and oxygen atoms in total. The minimum absolute atomic E-state index is 0.0222. The number of nitrogens with zero attached hydrogens (tertiary/aromatic N) is 1. The Labute approximate surface area is 125 Å². The van der Waals surface area contributed by atoms with Gasteiger partial charge in [0, 0.05) is 18.6 Å². The third-order valence-corrected chi connectivity index (χ3v) is 5.64. The van der Waals surface area contributed by atoms with Crippen molar-refractivity contribution < 1.29 is 5.11 Å². The van der Waals surface area contributed by atoms with Crippen molar-refractivity contribution in [1.29, 1.82) is 0 Å². The molecule has 1 aliphatic heterocycles. The van der Waals surface area contributed by atoms with E-state index >= 15 is 0 Å². The quantitative estimate of drug-likeness (QED) is 0.761. The lowest BCUT2D eigenvalue weighted by atomic mass is 9.83. The normalized spacial score (nSPS) is 39.9. The number of aliphatic hydroxyl groups is 1. The average molecular weight is 282 g/mol. The summed E-state index contributed by atoms with van der Waals surface area (Å²) in [7, 11) is 2.24. The molecule has 0 aromatic carbocycles. The average Bonchev–Trinajstić information content (AvgIpc) is 2.42. The summed E-state index contributed by atoms with van der Waals surface area (Å²) in [4.78, 5) is 2.47. The van der Waals surface area contributed by atoms with Gasteiger partial charge in [-0.3, -0.25) is 0 Å². The summed E-state index contributed by atoms with van der Waals surface area (Å²) in [5.41, 5.74) is 0. The predicted octanol–water partition coefficient (Wildman–Crippen LogP) is 2.64. The maximum atomic E-state index is 10.00. The molecule has 20 heavy (non-hydrogen) atoms. The Bertz CT molecular complexity index is 284. The highest BCUT2D eigenvalue weighted by Crippen LogP contribution is 2.28. The number of hydrogen-bond acceptors (Lipinski definition) is 3. The molecule has 2 aliphatic rings. The number of nitrogens with one attached hydrogen (secondary N) is 1. The van der Waals surface area contributed by atoms with Crippen LogP contribution in [0.15, 0.2) is 0 Å². The zero-order valence-corrected chi connectivity index (χ0v) is 13.6. The van der Waals surface area contributed by atoms with Crippen LogP contribution < -0.4 is 5.32 Å². The Balaban J connectivity index is 1.63. The van der Waals surface area contributed by atoms with Crippen LogP contribution in [0.5, 0.6) is 0 Å². The topological polar surface area (TPSA) is 35.5 Å². The van der Waals surface area contributed by atoms with Crippen molar-refractivity contribution in [3.8, 4) is 0 Å². The first-order chi connectivity index (χ1) is 9.58. The summed E-state index contributed by atoms with van der Waals surface area (Å²) >= 11 is 0. The molecule has 3 heteroatoms. The molecular formula is C17H34N2O. The summed E-state index contributed by atoms with van der Waals surface area (Å²) < 4.78 is 0. The fourth-order valence-electron chi connectivity index (χ4n) is 4.00. The molecule has 0 radical (unpaired) electrons. The highest BCUT2D eigenvalue weighted by molar-refractivity contribution is 4.86. The third-order valence-electron chi connectivity index (χ3n) is 5.64. The Morgan fingerprint density at radius 2 is 1.95 bits per heavy atom. The number of rotatable bonds is 5. The molecule has 2 N–H and O–H groups in total. The first kappa shape index (κ1) is 16.3. The highest BCUT2D eigenvalue weighted by atomic mass is 16.3. The molecule has 0 aromatic heterocycles.